The molecular weight excluding hydrogens is 400 g/mol. The Morgan fingerprint density at radius 3 is 2.68 bits per heavy atom. The van der Waals surface area contributed by atoms with Gasteiger partial charge in [0.15, 0.2) is 0 Å². The molecule has 0 unspecified atom stereocenters. The SMILES string of the molecule is O=C(CCSc1ccccc1Br)Nc1cccc(C(=O)NC2CC2)c1. The van der Waals surface area contributed by atoms with Crippen LogP contribution in [0.2, 0.25) is 0 Å². The third kappa shape index (κ3) is 5.61. The summed E-state index contributed by atoms with van der Waals surface area (Å²) in [6.45, 7) is 0. The fourth-order valence-electron chi connectivity index (χ4n) is 2.27. The maximum Gasteiger partial charge on any atom is 0.251 e. The molecule has 0 atom stereocenters. The number of amides is 2. The van der Waals surface area contributed by atoms with E-state index in [1.54, 1.807) is 36.0 Å². The van der Waals surface area contributed by atoms with Gasteiger partial charge in [-0.05, 0) is 59.1 Å². The van der Waals surface area contributed by atoms with E-state index in [2.05, 4.69) is 26.6 Å². The van der Waals surface area contributed by atoms with Crippen molar-refractivity contribution in [2.75, 3.05) is 11.1 Å². The van der Waals surface area contributed by atoms with Crippen LogP contribution in [0.5, 0.6) is 0 Å². The topological polar surface area (TPSA) is 58.2 Å². The summed E-state index contributed by atoms with van der Waals surface area (Å²) in [4.78, 5) is 25.3. The van der Waals surface area contributed by atoms with Crippen LogP contribution >= 0.6 is 27.7 Å². The van der Waals surface area contributed by atoms with Crippen molar-refractivity contribution in [1.82, 2.24) is 5.32 Å². The van der Waals surface area contributed by atoms with Crippen LogP contribution < -0.4 is 10.6 Å². The summed E-state index contributed by atoms with van der Waals surface area (Å²) in [5, 5.41) is 5.81. The van der Waals surface area contributed by atoms with E-state index in [0.717, 1.165) is 22.2 Å². The summed E-state index contributed by atoms with van der Waals surface area (Å²) < 4.78 is 1.04. The second-order valence-corrected chi connectivity index (χ2v) is 7.90. The van der Waals surface area contributed by atoms with Crippen LogP contribution in [-0.2, 0) is 4.79 Å². The van der Waals surface area contributed by atoms with E-state index < -0.39 is 0 Å². The Kier molecular flexibility index (Phi) is 6.15. The Bertz CT molecular complexity index is 778. The van der Waals surface area contributed by atoms with E-state index in [1.807, 2.05) is 24.3 Å². The molecule has 6 heteroatoms. The normalized spacial score (nSPS) is 13.3. The summed E-state index contributed by atoms with van der Waals surface area (Å²) >= 11 is 5.14. The molecule has 0 aliphatic heterocycles. The van der Waals surface area contributed by atoms with Crippen molar-refractivity contribution < 1.29 is 9.59 Å². The van der Waals surface area contributed by atoms with Gasteiger partial charge in [-0.25, -0.2) is 0 Å². The number of rotatable bonds is 7. The number of benzene rings is 2. The molecule has 0 spiro atoms. The molecule has 2 aromatic carbocycles. The molecule has 0 heterocycles. The highest BCUT2D eigenvalue weighted by atomic mass is 79.9. The van der Waals surface area contributed by atoms with Gasteiger partial charge in [0.1, 0.15) is 0 Å². The molecule has 25 heavy (non-hydrogen) atoms. The Balaban J connectivity index is 1.49. The first-order valence-corrected chi connectivity index (χ1v) is 9.98. The van der Waals surface area contributed by atoms with E-state index in [4.69, 9.17) is 0 Å². The van der Waals surface area contributed by atoms with Gasteiger partial charge in [-0.1, -0.05) is 18.2 Å². The first-order chi connectivity index (χ1) is 12.1. The minimum absolute atomic E-state index is 0.0562. The molecule has 0 saturated heterocycles. The average Bonchev–Trinajstić information content (AvgIpc) is 3.41. The van der Waals surface area contributed by atoms with E-state index >= 15 is 0 Å². The molecular formula is C19H19BrN2O2S. The van der Waals surface area contributed by atoms with Gasteiger partial charge in [0, 0.05) is 38.8 Å². The Hall–Kier alpha value is -1.79. The quantitative estimate of drug-likeness (QED) is 0.652. The number of hydrogen-bond acceptors (Lipinski definition) is 3. The lowest BCUT2D eigenvalue weighted by Crippen LogP contribution is -2.25. The smallest absolute Gasteiger partial charge is 0.251 e. The molecule has 4 nitrogen and oxygen atoms in total. The van der Waals surface area contributed by atoms with Gasteiger partial charge >= 0.3 is 0 Å². The number of carbonyl (C=O) groups excluding carboxylic acids is 2. The minimum Gasteiger partial charge on any atom is -0.349 e. The van der Waals surface area contributed by atoms with Crippen LogP contribution in [0.3, 0.4) is 0 Å². The summed E-state index contributed by atoms with van der Waals surface area (Å²) in [7, 11) is 0. The predicted molar refractivity (Wildman–Crippen MR) is 105 cm³/mol. The molecule has 2 aromatic rings. The molecule has 1 fully saturated rings. The van der Waals surface area contributed by atoms with E-state index in [0.29, 0.717) is 29.5 Å². The van der Waals surface area contributed by atoms with Crippen molar-refractivity contribution in [2.45, 2.75) is 30.2 Å². The molecule has 0 bridgehead atoms. The second-order valence-electron chi connectivity index (χ2n) is 5.91. The molecule has 1 aliphatic rings. The van der Waals surface area contributed by atoms with Gasteiger partial charge < -0.3 is 10.6 Å². The molecule has 2 amide bonds. The lowest BCUT2D eigenvalue weighted by Gasteiger charge is -2.08. The third-order valence-corrected chi connectivity index (χ3v) is 5.77. The first kappa shape index (κ1) is 18.0. The van der Waals surface area contributed by atoms with Gasteiger partial charge in [-0.3, -0.25) is 9.59 Å². The molecule has 0 aromatic heterocycles. The molecule has 1 aliphatic carbocycles. The number of halogens is 1. The lowest BCUT2D eigenvalue weighted by molar-refractivity contribution is -0.115. The van der Waals surface area contributed by atoms with Crippen LogP contribution in [0.4, 0.5) is 5.69 Å². The molecule has 1 saturated carbocycles. The number of hydrogen-bond donors (Lipinski definition) is 2. The second kappa shape index (κ2) is 8.54. The van der Waals surface area contributed by atoms with E-state index in [1.165, 1.54) is 0 Å². The van der Waals surface area contributed by atoms with Crippen molar-refractivity contribution >= 4 is 45.2 Å². The zero-order valence-electron chi connectivity index (χ0n) is 13.6. The Morgan fingerprint density at radius 2 is 1.92 bits per heavy atom. The monoisotopic (exact) mass is 418 g/mol. The zero-order valence-corrected chi connectivity index (χ0v) is 16.0. The fourth-order valence-corrected chi connectivity index (χ4v) is 3.79. The Morgan fingerprint density at radius 1 is 1.12 bits per heavy atom. The predicted octanol–water partition coefficient (Wildman–Crippen LogP) is 4.46. The van der Waals surface area contributed by atoms with Gasteiger partial charge in [-0.2, -0.15) is 0 Å². The van der Waals surface area contributed by atoms with Crippen molar-refractivity contribution in [2.24, 2.45) is 0 Å². The highest BCUT2D eigenvalue weighted by Gasteiger charge is 2.23. The maximum atomic E-state index is 12.1. The van der Waals surface area contributed by atoms with Crippen molar-refractivity contribution in [3.8, 4) is 0 Å². The van der Waals surface area contributed by atoms with Crippen LogP contribution in [0.15, 0.2) is 57.9 Å². The minimum atomic E-state index is -0.0805. The highest BCUT2D eigenvalue weighted by Crippen LogP contribution is 2.27. The summed E-state index contributed by atoms with van der Waals surface area (Å²) in [6.07, 6.45) is 2.51. The number of anilines is 1. The molecule has 0 radical (unpaired) electrons. The molecule has 2 N–H and O–H groups in total. The largest absolute Gasteiger partial charge is 0.349 e. The van der Waals surface area contributed by atoms with E-state index in [9.17, 15) is 9.59 Å². The van der Waals surface area contributed by atoms with Crippen molar-refractivity contribution in [1.29, 1.82) is 0 Å². The summed E-state index contributed by atoms with van der Waals surface area (Å²) in [5.74, 6) is 0.554. The summed E-state index contributed by atoms with van der Waals surface area (Å²) in [6, 6.07) is 15.3. The summed E-state index contributed by atoms with van der Waals surface area (Å²) in [5.41, 5.74) is 1.23. The van der Waals surface area contributed by atoms with Crippen molar-refractivity contribution in [3.05, 3.63) is 58.6 Å². The van der Waals surface area contributed by atoms with Crippen LogP contribution in [0.1, 0.15) is 29.6 Å². The van der Waals surface area contributed by atoms with Crippen LogP contribution in [0, 0.1) is 0 Å². The van der Waals surface area contributed by atoms with Crippen LogP contribution in [0.25, 0.3) is 0 Å². The van der Waals surface area contributed by atoms with Crippen LogP contribution in [-0.4, -0.2) is 23.6 Å². The maximum absolute atomic E-state index is 12.1. The number of carbonyl (C=O) groups is 2. The Labute approximate surface area is 159 Å². The van der Waals surface area contributed by atoms with Gasteiger partial charge in [0.2, 0.25) is 5.91 Å². The number of nitrogens with one attached hydrogen (secondary N) is 2. The van der Waals surface area contributed by atoms with Crippen molar-refractivity contribution in [3.63, 3.8) is 0 Å². The highest BCUT2D eigenvalue weighted by molar-refractivity contribution is 9.10. The average molecular weight is 419 g/mol. The standard InChI is InChI=1S/C19H19BrN2O2S/c20-16-6-1-2-7-17(16)25-11-10-18(23)21-15-5-3-4-13(12-15)19(24)22-14-8-9-14/h1-7,12,14H,8-11H2,(H,21,23)(H,22,24). The zero-order chi connectivity index (χ0) is 17.6. The van der Waals surface area contributed by atoms with Gasteiger partial charge in [0.25, 0.3) is 5.91 Å². The molecule has 3 rings (SSSR count). The number of thioether (sulfide) groups is 1. The first-order valence-electron chi connectivity index (χ1n) is 8.20. The lowest BCUT2D eigenvalue weighted by atomic mass is 10.2. The third-order valence-electron chi connectivity index (χ3n) is 3.74. The molecule has 130 valence electrons. The van der Waals surface area contributed by atoms with Gasteiger partial charge in [0.05, 0.1) is 0 Å². The van der Waals surface area contributed by atoms with Gasteiger partial charge in [-0.15, -0.1) is 11.8 Å². The van der Waals surface area contributed by atoms with E-state index in [-0.39, 0.29) is 11.8 Å². The fraction of sp³-hybridized carbons (Fsp3) is 0.263.